The van der Waals surface area contributed by atoms with Crippen molar-refractivity contribution < 1.29 is 28.8 Å². The standard InChI is InChI=1S/C56H72N4O6/c1-3-5-7-9-11-13-15-17-19-27-37-57-51(61)47(39-41-29-23-21-24-30-41)59-53(63)43-33-35-45-50-46(36-34-44(49(43)50)54(59)64)56(66)60(55(45)65)48(40-42-31-25-22-26-32-42)52(62)58-38-28-20-18-16-14-12-10-8-6-4-2/h21-26,29-36,47-48H,3-20,27-28,37-40H2,1-2H3,(H,57,61)(H,58,62)/t47-,48-/m0/s1. The van der Waals surface area contributed by atoms with Gasteiger partial charge in [0.05, 0.1) is 0 Å². The van der Waals surface area contributed by atoms with Crippen LogP contribution in [0.1, 0.15) is 195 Å². The van der Waals surface area contributed by atoms with Crippen LogP contribution in [-0.4, -0.2) is 70.4 Å². The molecular weight excluding hydrogens is 825 g/mol. The lowest BCUT2D eigenvalue weighted by Gasteiger charge is -2.36. The van der Waals surface area contributed by atoms with Crippen molar-refractivity contribution in [1.29, 1.82) is 0 Å². The molecular formula is C56H72N4O6. The third-order valence-corrected chi connectivity index (χ3v) is 13.4. The number of benzene rings is 4. The van der Waals surface area contributed by atoms with Crippen LogP contribution in [0.15, 0.2) is 84.9 Å². The van der Waals surface area contributed by atoms with Crippen LogP contribution in [0, 0.1) is 0 Å². The predicted molar refractivity (Wildman–Crippen MR) is 263 cm³/mol. The van der Waals surface area contributed by atoms with E-state index in [1.54, 1.807) is 0 Å². The van der Waals surface area contributed by atoms with Crippen LogP contribution >= 0.6 is 0 Å². The van der Waals surface area contributed by atoms with Gasteiger partial charge in [-0.25, -0.2) is 0 Å². The van der Waals surface area contributed by atoms with Gasteiger partial charge in [0.2, 0.25) is 11.8 Å². The summed E-state index contributed by atoms with van der Waals surface area (Å²) in [6.07, 6.45) is 23.5. The average molecular weight is 897 g/mol. The summed E-state index contributed by atoms with van der Waals surface area (Å²) in [5.74, 6) is -3.49. The topological polar surface area (TPSA) is 133 Å². The van der Waals surface area contributed by atoms with Gasteiger partial charge in [-0.1, -0.05) is 190 Å². The Morgan fingerprint density at radius 2 is 0.667 bits per heavy atom. The number of carbonyl (C=O) groups is 6. The van der Waals surface area contributed by atoms with E-state index < -0.39 is 47.5 Å². The van der Waals surface area contributed by atoms with Crippen LogP contribution in [0.2, 0.25) is 0 Å². The highest BCUT2D eigenvalue weighted by Gasteiger charge is 2.45. The number of amides is 6. The van der Waals surface area contributed by atoms with Crippen LogP contribution in [0.25, 0.3) is 10.8 Å². The normalized spacial score (nSPS) is 14.2. The van der Waals surface area contributed by atoms with Gasteiger partial charge in [-0.05, 0) is 48.2 Å². The summed E-state index contributed by atoms with van der Waals surface area (Å²) in [7, 11) is 0. The second-order valence-corrected chi connectivity index (χ2v) is 18.4. The molecule has 0 saturated heterocycles. The fourth-order valence-electron chi connectivity index (χ4n) is 9.64. The van der Waals surface area contributed by atoms with Crippen LogP contribution < -0.4 is 10.6 Å². The molecule has 2 atom stereocenters. The molecule has 352 valence electrons. The second kappa shape index (κ2) is 25.9. The molecule has 0 fully saturated rings. The summed E-state index contributed by atoms with van der Waals surface area (Å²) in [4.78, 5) is 88.7. The molecule has 2 heterocycles. The monoisotopic (exact) mass is 897 g/mol. The summed E-state index contributed by atoms with van der Waals surface area (Å²) in [6.45, 7) is 5.31. The summed E-state index contributed by atoms with van der Waals surface area (Å²) in [6, 6.07) is 22.4. The summed E-state index contributed by atoms with van der Waals surface area (Å²) >= 11 is 0. The second-order valence-electron chi connectivity index (χ2n) is 18.4. The van der Waals surface area contributed by atoms with Crippen molar-refractivity contribution in [2.75, 3.05) is 13.1 Å². The van der Waals surface area contributed by atoms with Gasteiger partial charge >= 0.3 is 0 Å². The van der Waals surface area contributed by atoms with E-state index in [1.807, 2.05) is 60.7 Å². The van der Waals surface area contributed by atoms with Crippen molar-refractivity contribution in [3.63, 3.8) is 0 Å². The molecule has 6 amide bonds. The fourth-order valence-corrected chi connectivity index (χ4v) is 9.64. The first kappa shape index (κ1) is 49.8. The van der Waals surface area contributed by atoms with E-state index in [2.05, 4.69) is 24.5 Å². The van der Waals surface area contributed by atoms with E-state index >= 15 is 0 Å². The maximum Gasteiger partial charge on any atom is 0.262 e. The Kier molecular flexibility index (Phi) is 19.5. The molecule has 0 radical (unpaired) electrons. The van der Waals surface area contributed by atoms with Gasteiger partial charge in [0.1, 0.15) is 12.1 Å². The Balaban J connectivity index is 1.17. The van der Waals surface area contributed by atoms with Crippen LogP contribution in [0.3, 0.4) is 0 Å². The third kappa shape index (κ3) is 12.8. The highest BCUT2D eigenvalue weighted by molar-refractivity contribution is 6.34. The molecule has 10 nitrogen and oxygen atoms in total. The molecule has 2 aliphatic heterocycles. The average Bonchev–Trinajstić information content (AvgIpc) is 3.33. The lowest BCUT2D eigenvalue weighted by Crippen LogP contribution is -2.56. The van der Waals surface area contributed by atoms with Gasteiger partial charge in [0.25, 0.3) is 23.6 Å². The summed E-state index contributed by atoms with van der Waals surface area (Å²) in [5, 5.41) is 6.48. The van der Waals surface area contributed by atoms with Crippen molar-refractivity contribution in [3.05, 3.63) is 118 Å². The number of nitrogens with zero attached hydrogens (tertiary/aromatic N) is 2. The minimum absolute atomic E-state index is 0.118. The number of imide groups is 2. The Labute approximate surface area is 392 Å². The van der Waals surface area contributed by atoms with Crippen molar-refractivity contribution in [3.8, 4) is 0 Å². The Morgan fingerprint density at radius 1 is 0.394 bits per heavy atom. The molecule has 0 bridgehead atoms. The summed E-state index contributed by atoms with van der Waals surface area (Å²) < 4.78 is 0. The molecule has 10 heteroatoms. The van der Waals surface area contributed by atoms with Gasteiger partial charge < -0.3 is 10.6 Å². The summed E-state index contributed by atoms with van der Waals surface area (Å²) in [5.41, 5.74) is 2.12. The van der Waals surface area contributed by atoms with Gasteiger partial charge in [-0.2, -0.15) is 0 Å². The fraction of sp³-hybridized carbons (Fsp3) is 0.500. The lowest BCUT2D eigenvalue weighted by atomic mass is 9.84. The molecule has 2 aliphatic rings. The van der Waals surface area contributed by atoms with E-state index in [4.69, 9.17) is 0 Å². The van der Waals surface area contributed by atoms with E-state index in [0.29, 0.717) is 13.1 Å². The number of hydrogen-bond acceptors (Lipinski definition) is 6. The SMILES string of the molecule is CCCCCCCCCCCCNC(=O)[C@H](Cc1ccccc1)N1C(=O)c2ccc3c4c(ccc(c24)C1=O)C(=O)N([C@@H](Cc1ccccc1)C(=O)NCCCCCCCCCCCC)C3=O. The van der Waals surface area contributed by atoms with Crippen molar-refractivity contribution in [1.82, 2.24) is 20.4 Å². The Hall–Kier alpha value is -5.64. The largest absolute Gasteiger partial charge is 0.354 e. The third-order valence-electron chi connectivity index (χ3n) is 13.4. The molecule has 0 aromatic heterocycles. The number of hydrogen-bond donors (Lipinski definition) is 2. The minimum atomic E-state index is -1.14. The Morgan fingerprint density at radius 3 is 0.955 bits per heavy atom. The number of carbonyl (C=O) groups excluding carboxylic acids is 6. The molecule has 0 unspecified atom stereocenters. The maximum absolute atomic E-state index is 14.6. The number of unbranched alkanes of at least 4 members (excludes halogenated alkanes) is 18. The first-order valence-corrected chi connectivity index (χ1v) is 25.3. The number of rotatable bonds is 30. The first-order valence-electron chi connectivity index (χ1n) is 25.3. The lowest BCUT2D eigenvalue weighted by molar-refractivity contribution is -0.125. The molecule has 4 aromatic rings. The van der Waals surface area contributed by atoms with Gasteiger partial charge in [0.15, 0.2) is 0 Å². The zero-order valence-corrected chi connectivity index (χ0v) is 39.6. The smallest absolute Gasteiger partial charge is 0.262 e. The van der Waals surface area contributed by atoms with Crippen LogP contribution in [-0.2, 0) is 22.4 Å². The van der Waals surface area contributed by atoms with Gasteiger partial charge in [-0.3, -0.25) is 38.6 Å². The van der Waals surface area contributed by atoms with Crippen molar-refractivity contribution in [2.45, 2.75) is 167 Å². The predicted octanol–water partition coefficient (Wildman–Crippen LogP) is 11.3. The van der Waals surface area contributed by atoms with Gasteiger partial charge in [0, 0.05) is 59.0 Å². The zero-order chi connectivity index (χ0) is 46.7. The molecule has 0 saturated carbocycles. The molecule has 0 spiro atoms. The van der Waals surface area contributed by atoms with Crippen molar-refractivity contribution >= 4 is 46.2 Å². The molecule has 4 aromatic carbocycles. The van der Waals surface area contributed by atoms with E-state index in [-0.39, 0.29) is 45.9 Å². The molecule has 66 heavy (non-hydrogen) atoms. The highest BCUT2D eigenvalue weighted by Crippen LogP contribution is 2.39. The van der Waals surface area contributed by atoms with Crippen molar-refractivity contribution in [2.24, 2.45) is 0 Å². The van der Waals surface area contributed by atoms with Gasteiger partial charge in [-0.15, -0.1) is 0 Å². The maximum atomic E-state index is 14.6. The van der Waals surface area contributed by atoms with E-state index in [0.717, 1.165) is 59.5 Å². The first-order chi connectivity index (χ1) is 32.3. The molecule has 6 rings (SSSR count). The minimum Gasteiger partial charge on any atom is -0.354 e. The van der Waals surface area contributed by atoms with E-state index in [1.165, 1.54) is 114 Å². The Bertz CT molecular complexity index is 2030. The zero-order valence-electron chi connectivity index (χ0n) is 39.6. The van der Waals surface area contributed by atoms with Crippen LogP contribution in [0.5, 0.6) is 0 Å². The van der Waals surface area contributed by atoms with E-state index in [9.17, 15) is 28.8 Å². The molecule has 0 aliphatic carbocycles. The number of nitrogens with one attached hydrogen (secondary N) is 2. The highest BCUT2D eigenvalue weighted by atomic mass is 16.2. The quantitative estimate of drug-likeness (QED) is 0.0396. The molecule has 2 N–H and O–H groups in total. The van der Waals surface area contributed by atoms with Crippen LogP contribution in [0.4, 0.5) is 0 Å².